The molecule has 0 bridgehead atoms. The van der Waals surface area contributed by atoms with Crippen molar-refractivity contribution in [3.05, 3.63) is 57.8 Å². The number of pyridine rings is 1. The van der Waals surface area contributed by atoms with E-state index in [-0.39, 0.29) is 16.7 Å². The number of aromatic nitrogens is 2. The maximum Gasteiger partial charge on any atom is 0.385 e. The van der Waals surface area contributed by atoms with E-state index in [9.17, 15) is 9.90 Å². The van der Waals surface area contributed by atoms with Crippen molar-refractivity contribution in [1.82, 2.24) is 9.47 Å². The maximum atomic E-state index is 13.4. The van der Waals surface area contributed by atoms with Gasteiger partial charge >= 0.3 is 11.4 Å². The molecule has 6 heteroatoms. The molecule has 0 aliphatic carbocycles. The van der Waals surface area contributed by atoms with E-state index in [4.69, 9.17) is 0 Å². The fraction of sp³-hybridized carbons (Fsp3) is 0.333. The Labute approximate surface area is 160 Å². The second-order valence-corrected chi connectivity index (χ2v) is 8.42. The van der Waals surface area contributed by atoms with Crippen LogP contribution in [0.4, 0.5) is 0 Å². The smallest absolute Gasteiger partial charge is 0.385 e. The minimum Gasteiger partial charge on any atom is -0.872 e. The zero-order chi connectivity index (χ0) is 18.5. The van der Waals surface area contributed by atoms with Gasteiger partial charge in [0.25, 0.3) is 0 Å². The van der Waals surface area contributed by atoms with Crippen molar-refractivity contribution >= 4 is 32.0 Å². The zero-order valence-electron chi connectivity index (χ0n) is 15.3. The summed E-state index contributed by atoms with van der Waals surface area (Å²) in [5.74, 6) is 0.714. The van der Waals surface area contributed by atoms with Gasteiger partial charge in [-0.15, -0.1) is 11.3 Å². The van der Waals surface area contributed by atoms with Crippen LogP contribution in [0.3, 0.4) is 0 Å². The molecule has 1 fully saturated rings. The van der Waals surface area contributed by atoms with Crippen molar-refractivity contribution < 1.29 is 9.51 Å². The van der Waals surface area contributed by atoms with Gasteiger partial charge in [0.1, 0.15) is 4.70 Å². The van der Waals surface area contributed by atoms with Gasteiger partial charge in [-0.3, -0.25) is 0 Å². The molecule has 1 aromatic heterocycles. The third-order valence-electron chi connectivity index (χ3n) is 5.51. The molecule has 3 aliphatic heterocycles. The molecule has 0 amide bonds. The normalized spacial score (nSPS) is 17.2. The van der Waals surface area contributed by atoms with E-state index >= 15 is 0 Å². The quantitative estimate of drug-likeness (QED) is 0.389. The number of imidazole rings is 1. The number of benzene rings is 1. The summed E-state index contributed by atoms with van der Waals surface area (Å²) in [6, 6.07) is 9.99. The Morgan fingerprint density at radius 1 is 1.15 bits per heavy atom. The van der Waals surface area contributed by atoms with Crippen molar-refractivity contribution in [2.75, 3.05) is 19.6 Å². The van der Waals surface area contributed by atoms with E-state index < -0.39 is 0 Å². The first kappa shape index (κ1) is 16.7. The van der Waals surface area contributed by atoms with Gasteiger partial charge in [0, 0.05) is 6.54 Å². The highest BCUT2D eigenvalue weighted by Crippen LogP contribution is 2.29. The summed E-state index contributed by atoms with van der Waals surface area (Å²) in [5, 5.41) is 13.4. The summed E-state index contributed by atoms with van der Waals surface area (Å²) in [4.78, 5) is 15.6. The van der Waals surface area contributed by atoms with E-state index in [0.29, 0.717) is 6.54 Å². The van der Waals surface area contributed by atoms with Gasteiger partial charge in [-0.05, 0) is 56.6 Å². The number of para-hydroxylation sites is 1. The molecule has 2 aromatic rings. The second kappa shape index (κ2) is 6.32. The molecule has 4 heterocycles. The number of nitrogens with zero attached hydrogens (tertiary/aromatic N) is 3. The first-order valence-corrected chi connectivity index (χ1v) is 10.3. The molecule has 0 atom stereocenters. The van der Waals surface area contributed by atoms with Crippen LogP contribution >= 0.6 is 11.3 Å². The van der Waals surface area contributed by atoms with Crippen LogP contribution in [0.1, 0.15) is 24.8 Å². The van der Waals surface area contributed by atoms with Crippen LogP contribution < -0.4 is 20.4 Å². The number of fused-ring (bicyclic) bond motifs is 2. The first-order valence-electron chi connectivity index (χ1n) is 9.44. The molecular weight excluding hydrogens is 358 g/mol. The highest BCUT2D eigenvalue weighted by atomic mass is 32.1. The Bertz CT molecular complexity index is 1230. The lowest BCUT2D eigenvalue weighted by Gasteiger charge is -2.28. The SMILES string of the molecule is Cc1cccc2sc3ccc[n+]4c3-n(c(=O)/c4=C(/[O-])CN3CCCCC3)c12. The average Bonchev–Trinajstić information content (AvgIpc) is 2.97. The van der Waals surface area contributed by atoms with Crippen LogP contribution in [0.25, 0.3) is 26.5 Å². The molecule has 0 N–H and O–H groups in total. The molecule has 1 aromatic carbocycles. The van der Waals surface area contributed by atoms with E-state index in [1.807, 2.05) is 43.5 Å². The molecule has 5 nitrogen and oxygen atoms in total. The highest BCUT2D eigenvalue weighted by molar-refractivity contribution is 7.24. The van der Waals surface area contributed by atoms with E-state index in [1.165, 1.54) is 6.42 Å². The van der Waals surface area contributed by atoms with Crippen molar-refractivity contribution in [3.8, 4) is 5.82 Å². The summed E-state index contributed by atoms with van der Waals surface area (Å²) in [7, 11) is 0. The largest absolute Gasteiger partial charge is 0.872 e. The minimum atomic E-state index is -0.208. The van der Waals surface area contributed by atoms with Crippen molar-refractivity contribution in [2.24, 2.45) is 0 Å². The summed E-state index contributed by atoms with van der Waals surface area (Å²) in [6.45, 7) is 4.20. The van der Waals surface area contributed by atoms with Crippen LogP contribution in [0, 0.1) is 6.92 Å². The number of likely N-dealkylation sites (tertiary alicyclic amines) is 1. The highest BCUT2D eigenvalue weighted by Gasteiger charge is 2.29. The lowest BCUT2D eigenvalue weighted by Crippen LogP contribution is -2.49. The number of rotatable bonds is 2. The fourth-order valence-corrected chi connectivity index (χ4v) is 5.40. The molecule has 1 saturated heterocycles. The third-order valence-corrected chi connectivity index (χ3v) is 6.60. The van der Waals surface area contributed by atoms with E-state index in [2.05, 4.69) is 4.90 Å². The standard InChI is InChI=1S/C21H21N3O2S/c1-14-7-5-8-16-18(14)24-20-17(27-16)9-6-12-23(20)19(21(24)26)15(25)13-22-10-3-2-4-11-22/h5-9,12H,2-4,10-11,13H2,1H3. The summed E-state index contributed by atoms with van der Waals surface area (Å²) < 4.78 is 5.59. The molecular formula is C21H21N3O2S. The third kappa shape index (κ3) is 2.55. The van der Waals surface area contributed by atoms with Gasteiger partial charge in [-0.1, -0.05) is 24.3 Å². The predicted molar refractivity (Wildman–Crippen MR) is 105 cm³/mol. The summed E-state index contributed by atoms with van der Waals surface area (Å²) in [6.07, 6.45) is 5.31. The van der Waals surface area contributed by atoms with E-state index in [1.54, 1.807) is 20.3 Å². The van der Waals surface area contributed by atoms with Crippen LogP contribution in [-0.2, 0) is 0 Å². The monoisotopic (exact) mass is 379 g/mol. The average molecular weight is 379 g/mol. The lowest BCUT2D eigenvalue weighted by atomic mass is 10.1. The van der Waals surface area contributed by atoms with Crippen LogP contribution in [0.5, 0.6) is 0 Å². The zero-order valence-corrected chi connectivity index (χ0v) is 16.1. The van der Waals surface area contributed by atoms with Crippen molar-refractivity contribution in [2.45, 2.75) is 26.2 Å². The van der Waals surface area contributed by atoms with Crippen LogP contribution in [-0.4, -0.2) is 29.1 Å². The van der Waals surface area contributed by atoms with Gasteiger partial charge in [0.05, 0.1) is 10.9 Å². The summed E-state index contributed by atoms with van der Waals surface area (Å²) in [5.41, 5.74) is 1.74. The number of hydrogen-bond donors (Lipinski definition) is 0. The number of aryl methyl sites for hydroxylation is 1. The lowest BCUT2D eigenvalue weighted by molar-refractivity contribution is -0.546. The van der Waals surface area contributed by atoms with Gasteiger partial charge in [0.15, 0.2) is 5.52 Å². The Morgan fingerprint density at radius 2 is 1.93 bits per heavy atom. The molecule has 0 unspecified atom stereocenters. The van der Waals surface area contributed by atoms with Crippen LogP contribution in [0.2, 0.25) is 0 Å². The minimum absolute atomic E-state index is 0.0881. The molecule has 138 valence electrons. The molecule has 3 aliphatic rings. The topological polar surface area (TPSA) is 52.4 Å². The fourth-order valence-electron chi connectivity index (χ4n) is 4.24. The van der Waals surface area contributed by atoms with Gasteiger partial charge in [0.2, 0.25) is 5.35 Å². The van der Waals surface area contributed by atoms with Crippen molar-refractivity contribution in [1.29, 1.82) is 0 Å². The molecule has 0 radical (unpaired) electrons. The Hall–Kier alpha value is -2.44. The Kier molecular flexibility index (Phi) is 3.91. The molecule has 0 spiro atoms. The molecule has 0 saturated carbocycles. The molecule has 27 heavy (non-hydrogen) atoms. The van der Waals surface area contributed by atoms with E-state index in [0.717, 1.165) is 52.2 Å². The second-order valence-electron chi connectivity index (χ2n) is 7.34. The Balaban J connectivity index is 1.86. The molecule has 5 rings (SSSR count). The maximum absolute atomic E-state index is 13.4. The van der Waals surface area contributed by atoms with Gasteiger partial charge in [-0.2, -0.15) is 8.97 Å². The number of hydrogen-bond acceptors (Lipinski definition) is 4. The van der Waals surface area contributed by atoms with Crippen LogP contribution in [0.15, 0.2) is 41.3 Å². The van der Waals surface area contributed by atoms with Gasteiger partial charge < -0.3 is 10.0 Å². The first-order chi connectivity index (χ1) is 13.1. The summed E-state index contributed by atoms with van der Waals surface area (Å²) >= 11 is 1.66. The number of piperidine rings is 1. The predicted octanol–water partition coefficient (Wildman–Crippen LogP) is 1.21. The van der Waals surface area contributed by atoms with Gasteiger partial charge in [-0.25, -0.2) is 4.79 Å². The Morgan fingerprint density at radius 3 is 2.74 bits per heavy atom. The van der Waals surface area contributed by atoms with Crippen molar-refractivity contribution in [3.63, 3.8) is 0 Å².